The molecular formula is C25H39NO3. The Balaban J connectivity index is 1.45. The quantitative estimate of drug-likeness (QED) is 0.496. The number of hydrogen-bond donors (Lipinski definition) is 2. The summed E-state index contributed by atoms with van der Waals surface area (Å²) in [4.78, 5) is 12.4. The van der Waals surface area contributed by atoms with Crippen LogP contribution in [-0.2, 0) is 9.53 Å². The normalized spacial score (nSPS) is 42.3. The van der Waals surface area contributed by atoms with Crippen molar-refractivity contribution >= 4 is 5.97 Å². The summed E-state index contributed by atoms with van der Waals surface area (Å²) >= 11 is 0. The molecule has 0 radical (unpaired) electrons. The molecule has 162 valence electrons. The maximum atomic E-state index is 12.4. The number of allylic oxidation sites excluding steroid dienone is 3. The SMILES string of the molecule is CC(C)C[C@H](N)C(=O)O[C@H]1CC[C@@]2(C)C(=CC[C@@H]3[C@@H]2CC[C@]2(C)C(O)=CC[C@@H]32)C1. The number of esters is 1. The van der Waals surface area contributed by atoms with Crippen LogP contribution in [0.4, 0.5) is 0 Å². The zero-order valence-corrected chi connectivity index (χ0v) is 18.6. The summed E-state index contributed by atoms with van der Waals surface area (Å²) in [7, 11) is 0. The summed E-state index contributed by atoms with van der Waals surface area (Å²) in [5.41, 5.74) is 7.74. The highest BCUT2D eigenvalue weighted by atomic mass is 16.5. The van der Waals surface area contributed by atoms with Crippen molar-refractivity contribution in [3.63, 3.8) is 0 Å². The van der Waals surface area contributed by atoms with Crippen molar-refractivity contribution in [2.24, 2.45) is 40.2 Å². The fraction of sp³-hybridized carbons (Fsp3) is 0.800. The first-order valence-corrected chi connectivity index (χ1v) is 11.7. The van der Waals surface area contributed by atoms with Crippen LogP contribution in [0, 0.1) is 34.5 Å². The number of carbonyl (C=O) groups excluding carboxylic acids is 1. The summed E-state index contributed by atoms with van der Waals surface area (Å²) in [6.45, 7) is 8.88. The molecule has 4 nitrogen and oxygen atoms in total. The van der Waals surface area contributed by atoms with Crippen molar-refractivity contribution in [3.05, 3.63) is 23.5 Å². The molecule has 2 saturated carbocycles. The summed E-state index contributed by atoms with van der Waals surface area (Å²) < 4.78 is 5.84. The van der Waals surface area contributed by atoms with Gasteiger partial charge in [0, 0.05) is 11.8 Å². The molecule has 0 aromatic carbocycles. The molecule has 0 amide bonds. The minimum absolute atomic E-state index is 0.0118. The second-order valence-electron chi connectivity index (χ2n) is 11.1. The average molecular weight is 402 g/mol. The van der Waals surface area contributed by atoms with Crippen molar-refractivity contribution in [3.8, 4) is 0 Å². The summed E-state index contributed by atoms with van der Waals surface area (Å²) in [6.07, 6.45) is 12.5. The lowest BCUT2D eigenvalue weighted by Gasteiger charge is -2.57. The predicted molar refractivity (Wildman–Crippen MR) is 115 cm³/mol. The first kappa shape index (κ1) is 21.0. The molecule has 3 N–H and O–H groups in total. The smallest absolute Gasteiger partial charge is 0.323 e. The molecule has 0 saturated heterocycles. The van der Waals surface area contributed by atoms with Gasteiger partial charge in [0.2, 0.25) is 0 Å². The van der Waals surface area contributed by atoms with E-state index in [1.807, 2.05) is 0 Å². The zero-order chi connectivity index (χ0) is 21.0. The Labute approximate surface area is 176 Å². The Bertz CT molecular complexity index is 726. The van der Waals surface area contributed by atoms with Gasteiger partial charge < -0.3 is 15.6 Å². The van der Waals surface area contributed by atoms with Crippen LogP contribution < -0.4 is 5.73 Å². The van der Waals surface area contributed by atoms with Crippen molar-refractivity contribution in [1.82, 2.24) is 0 Å². The highest BCUT2D eigenvalue weighted by molar-refractivity contribution is 5.75. The molecule has 7 atom stereocenters. The van der Waals surface area contributed by atoms with Gasteiger partial charge in [-0.1, -0.05) is 39.3 Å². The summed E-state index contributed by atoms with van der Waals surface area (Å²) in [5, 5.41) is 10.5. The van der Waals surface area contributed by atoms with Crippen LogP contribution in [0.5, 0.6) is 0 Å². The van der Waals surface area contributed by atoms with E-state index in [-0.39, 0.29) is 22.9 Å². The first-order chi connectivity index (χ1) is 13.6. The van der Waals surface area contributed by atoms with E-state index in [1.54, 1.807) is 0 Å². The Hall–Kier alpha value is -1.29. The largest absolute Gasteiger partial charge is 0.512 e. The molecule has 0 heterocycles. The van der Waals surface area contributed by atoms with Gasteiger partial charge in [-0.05, 0) is 80.1 Å². The van der Waals surface area contributed by atoms with Crippen molar-refractivity contribution in [1.29, 1.82) is 0 Å². The predicted octanol–water partition coefficient (Wildman–Crippen LogP) is 5.29. The zero-order valence-electron chi connectivity index (χ0n) is 18.6. The monoisotopic (exact) mass is 401 g/mol. The van der Waals surface area contributed by atoms with E-state index in [0.29, 0.717) is 35.9 Å². The van der Waals surface area contributed by atoms with Gasteiger partial charge >= 0.3 is 5.97 Å². The average Bonchev–Trinajstić information content (AvgIpc) is 2.96. The lowest BCUT2D eigenvalue weighted by atomic mass is 9.48. The minimum Gasteiger partial charge on any atom is -0.512 e. The molecule has 4 aliphatic rings. The van der Waals surface area contributed by atoms with Crippen LogP contribution in [0.1, 0.15) is 79.1 Å². The van der Waals surface area contributed by atoms with Gasteiger partial charge in [0.05, 0.1) is 5.76 Å². The molecule has 0 aromatic heterocycles. The number of rotatable bonds is 4. The van der Waals surface area contributed by atoms with Gasteiger partial charge in [-0.3, -0.25) is 4.79 Å². The van der Waals surface area contributed by atoms with Crippen molar-refractivity contribution in [2.45, 2.75) is 91.2 Å². The molecular weight excluding hydrogens is 362 g/mol. The third-order valence-corrected chi connectivity index (χ3v) is 8.91. The molecule has 0 aliphatic heterocycles. The highest BCUT2D eigenvalue weighted by Crippen LogP contribution is 2.64. The fourth-order valence-corrected chi connectivity index (χ4v) is 7.13. The van der Waals surface area contributed by atoms with Gasteiger partial charge in [-0.15, -0.1) is 0 Å². The van der Waals surface area contributed by atoms with Gasteiger partial charge in [-0.25, -0.2) is 0 Å². The third kappa shape index (κ3) is 3.45. The standard InChI is InChI=1S/C25H39NO3/c1-15(2)13-21(26)23(28)29-17-9-11-24(3)16(14-17)5-6-18-19-7-8-22(27)25(19,4)12-10-20(18)24/h5,8,15,17-21,27H,6-7,9-14,26H2,1-4H3/t17-,18-,19-,20-,21-,24-,25-/m0/s1. The molecule has 0 aromatic rings. The second-order valence-corrected chi connectivity index (χ2v) is 11.1. The molecule has 0 spiro atoms. The van der Waals surface area contributed by atoms with Gasteiger partial charge in [0.25, 0.3) is 0 Å². The van der Waals surface area contributed by atoms with E-state index in [2.05, 4.69) is 39.8 Å². The molecule has 4 heteroatoms. The fourth-order valence-electron chi connectivity index (χ4n) is 7.13. The number of aliphatic hydroxyl groups excluding tert-OH is 1. The topological polar surface area (TPSA) is 72.6 Å². The Morgan fingerprint density at radius 1 is 1.17 bits per heavy atom. The van der Waals surface area contributed by atoms with E-state index in [9.17, 15) is 9.90 Å². The van der Waals surface area contributed by atoms with Crippen molar-refractivity contribution < 1.29 is 14.6 Å². The number of fused-ring (bicyclic) bond motifs is 5. The van der Waals surface area contributed by atoms with Crippen molar-refractivity contribution in [2.75, 3.05) is 0 Å². The van der Waals surface area contributed by atoms with Crippen LogP contribution in [-0.4, -0.2) is 23.2 Å². The van der Waals surface area contributed by atoms with E-state index < -0.39 is 6.04 Å². The molecule has 0 bridgehead atoms. The Morgan fingerprint density at radius 2 is 1.90 bits per heavy atom. The van der Waals surface area contributed by atoms with Crippen LogP contribution >= 0.6 is 0 Å². The maximum Gasteiger partial charge on any atom is 0.323 e. The summed E-state index contributed by atoms with van der Waals surface area (Å²) in [5.74, 6) is 2.70. The van der Waals surface area contributed by atoms with Gasteiger partial charge in [0.15, 0.2) is 0 Å². The maximum absolute atomic E-state index is 12.4. The number of hydrogen-bond acceptors (Lipinski definition) is 4. The van der Waals surface area contributed by atoms with E-state index in [4.69, 9.17) is 10.5 Å². The minimum atomic E-state index is -0.508. The number of ether oxygens (including phenoxy) is 1. The first-order valence-electron chi connectivity index (χ1n) is 11.7. The van der Waals surface area contributed by atoms with Gasteiger partial charge in [0.1, 0.15) is 12.1 Å². The van der Waals surface area contributed by atoms with Crippen LogP contribution in [0.2, 0.25) is 0 Å². The molecule has 4 rings (SSSR count). The number of nitrogens with two attached hydrogens (primary N) is 1. The van der Waals surface area contributed by atoms with Crippen LogP contribution in [0.3, 0.4) is 0 Å². The Morgan fingerprint density at radius 3 is 2.62 bits per heavy atom. The summed E-state index contributed by atoms with van der Waals surface area (Å²) in [6, 6.07) is -0.508. The highest BCUT2D eigenvalue weighted by Gasteiger charge is 2.57. The van der Waals surface area contributed by atoms with E-state index in [0.717, 1.165) is 38.5 Å². The molecule has 0 unspecified atom stereocenters. The Kier molecular flexibility index (Phi) is 5.38. The number of aliphatic hydroxyl groups is 1. The van der Waals surface area contributed by atoms with Gasteiger partial charge in [-0.2, -0.15) is 0 Å². The molecule has 4 aliphatic carbocycles. The van der Waals surface area contributed by atoms with Crippen LogP contribution in [0.15, 0.2) is 23.5 Å². The van der Waals surface area contributed by atoms with E-state index in [1.165, 1.54) is 12.0 Å². The lowest BCUT2D eigenvalue weighted by Crippen LogP contribution is -2.50. The molecule has 2 fully saturated rings. The molecule has 29 heavy (non-hydrogen) atoms. The van der Waals surface area contributed by atoms with Crippen LogP contribution in [0.25, 0.3) is 0 Å². The van der Waals surface area contributed by atoms with E-state index >= 15 is 0 Å². The number of carbonyl (C=O) groups is 1. The second kappa shape index (κ2) is 7.44. The third-order valence-electron chi connectivity index (χ3n) is 8.91. The lowest BCUT2D eigenvalue weighted by molar-refractivity contribution is -0.153.